The molecule has 27 heavy (non-hydrogen) atoms. The van der Waals surface area contributed by atoms with Gasteiger partial charge in [-0.3, -0.25) is 0 Å². The molecule has 0 aliphatic heterocycles. The van der Waals surface area contributed by atoms with E-state index in [0.717, 1.165) is 27.8 Å². The first kappa shape index (κ1) is 19.0. The smallest absolute Gasteiger partial charge is 0.126 e. The van der Waals surface area contributed by atoms with Crippen LogP contribution >= 0.6 is 0 Å². The molecular weight excluding hydrogens is 336 g/mol. The van der Waals surface area contributed by atoms with Crippen LogP contribution in [-0.2, 0) is 12.0 Å². The Labute approximate surface area is 161 Å². The van der Waals surface area contributed by atoms with Crippen molar-refractivity contribution in [2.24, 2.45) is 0 Å². The van der Waals surface area contributed by atoms with Gasteiger partial charge < -0.3 is 14.6 Å². The zero-order chi connectivity index (χ0) is 19.4. The summed E-state index contributed by atoms with van der Waals surface area (Å²) in [5, 5.41) is 11.9. The molecule has 0 aliphatic carbocycles. The number of ether oxygens (including phenoxy) is 2. The average Bonchev–Trinajstić information content (AvgIpc) is 2.69. The molecule has 0 bridgehead atoms. The minimum Gasteiger partial charge on any atom is -0.496 e. The molecule has 3 aromatic carbocycles. The van der Waals surface area contributed by atoms with Crippen LogP contribution in [0.4, 0.5) is 0 Å². The molecule has 0 saturated heterocycles. The quantitative estimate of drug-likeness (QED) is 0.697. The second kappa shape index (κ2) is 7.85. The number of aliphatic hydroxyl groups is 1. The van der Waals surface area contributed by atoms with Gasteiger partial charge in [0.1, 0.15) is 17.1 Å². The summed E-state index contributed by atoms with van der Waals surface area (Å²) in [6.07, 6.45) is 0.320. The maximum absolute atomic E-state index is 11.9. The summed E-state index contributed by atoms with van der Waals surface area (Å²) in [5.41, 5.74) is 3.54. The third kappa shape index (κ3) is 3.83. The molecule has 0 saturated carbocycles. The number of benzene rings is 3. The van der Waals surface area contributed by atoms with E-state index < -0.39 is 5.60 Å². The van der Waals surface area contributed by atoms with Crippen LogP contribution in [0.25, 0.3) is 0 Å². The van der Waals surface area contributed by atoms with Crippen LogP contribution in [0.5, 0.6) is 11.5 Å². The lowest BCUT2D eigenvalue weighted by Gasteiger charge is -2.31. The SMILES string of the molecule is COc1c[c]cc(OC)c1CC(O)(c1ccc(C)cc1)c1ccc(C)cc1. The molecule has 0 spiro atoms. The van der Waals surface area contributed by atoms with Gasteiger partial charge in [0.15, 0.2) is 0 Å². The van der Waals surface area contributed by atoms with E-state index in [-0.39, 0.29) is 0 Å². The van der Waals surface area contributed by atoms with E-state index in [1.54, 1.807) is 26.4 Å². The lowest BCUT2D eigenvalue weighted by Crippen LogP contribution is -2.30. The topological polar surface area (TPSA) is 38.7 Å². The van der Waals surface area contributed by atoms with E-state index in [0.29, 0.717) is 17.9 Å². The van der Waals surface area contributed by atoms with Gasteiger partial charge >= 0.3 is 0 Å². The molecular formula is C24H25O3. The summed E-state index contributed by atoms with van der Waals surface area (Å²) in [4.78, 5) is 0. The molecule has 0 heterocycles. The zero-order valence-electron chi connectivity index (χ0n) is 16.2. The number of rotatable bonds is 6. The molecule has 0 aliphatic rings. The number of aryl methyl sites for hydroxylation is 2. The van der Waals surface area contributed by atoms with E-state index >= 15 is 0 Å². The summed E-state index contributed by atoms with van der Waals surface area (Å²) < 4.78 is 11.0. The first-order chi connectivity index (χ1) is 13.0. The Morgan fingerprint density at radius 3 is 1.56 bits per heavy atom. The van der Waals surface area contributed by atoms with Crippen LogP contribution in [0.2, 0.25) is 0 Å². The minimum absolute atomic E-state index is 0.320. The molecule has 3 heteroatoms. The first-order valence-electron chi connectivity index (χ1n) is 8.95. The Hall–Kier alpha value is -2.78. The van der Waals surface area contributed by atoms with Crippen LogP contribution < -0.4 is 9.47 Å². The molecule has 0 amide bonds. The van der Waals surface area contributed by atoms with E-state index in [2.05, 4.69) is 6.07 Å². The van der Waals surface area contributed by atoms with Gasteiger partial charge in [-0.15, -0.1) is 0 Å². The zero-order valence-corrected chi connectivity index (χ0v) is 16.2. The van der Waals surface area contributed by atoms with Gasteiger partial charge in [0.25, 0.3) is 0 Å². The molecule has 1 N–H and O–H groups in total. The summed E-state index contributed by atoms with van der Waals surface area (Å²) in [6.45, 7) is 4.07. The lowest BCUT2D eigenvalue weighted by molar-refractivity contribution is 0.0796. The number of hydrogen-bond acceptors (Lipinski definition) is 3. The van der Waals surface area contributed by atoms with Crippen molar-refractivity contribution in [3.63, 3.8) is 0 Å². The monoisotopic (exact) mass is 361 g/mol. The second-order valence-electron chi connectivity index (χ2n) is 6.84. The Kier molecular flexibility index (Phi) is 5.52. The van der Waals surface area contributed by atoms with Crippen LogP contribution in [0.3, 0.4) is 0 Å². The van der Waals surface area contributed by atoms with Crippen LogP contribution in [0.1, 0.15) is 27.8 Å². The molecule has 3 aromatic rings. The number of methoxy groups -OCH3 is 2. The maximum atomic E-state index is 11.9. The first-order valence-corrected chi connectivity index (χ1v) is 8.95. The summed E-state index contributed by atoms with van der Waals surface area (Å²) in [7, 11) is 3.23. The average molecular weight is 361 g/mol. The van der Waals surface area contributed by atoms with Gasteiger partial charge in [0.05, 0.1) is 14.2 Å². The van der Waals surface area contributed by atoms with Gasteiger partial charge in [0, 0.05) is 12.0 Å². The molecule has 1 radical (unpaired) electrons. The van der Waals surface area contributed by atoms with Crippen molar-refractivity contribution in [2.45, 2.75) is 25.9 Å². The molecule has 3 nitrogen and oxygen atoms in total. The summed E-state index contributed by atoms with van der Waals surface area (Å²) >= 11 is 0. The predicted octanol–water partition coefficient (Wildman–Crippen LogP) is 4.60. The van der Waals surface area contributed by atoms with Crippen LogP contribution in [-0.4, -0.2) is 19.3 Å². The largest absolute Gasteiger partial charge is 0.496 e. The van der Waals surface area contributed by atoms with Gasteiger partial charge in [-0.25, -0.2) is 0 Å². The van der Waals surface area contributed by atoms with Crippen molar-refractivity contribution in [3.8, 4) is 11.5 Å². The predicted molar refractivity (Wildman–Crippen MR) is 107 cm³/mol. The highest BCUT2D eigenvalue weighted by Gasteiger charge is 2.34. The molecule has 0 atom stereocenters. The third-order valence-corrected chi connectivity index (χ3v) is 4.95. The van der Waals surface area contributed by atoms with Gasteiger partial charge in [-0.05, 0) is 43.2 Å². The standard InChI is InChI=1S/C24H25O3/c1-17-8-12-19(13-9-17)24(25,20-14-10-18(2)11-15-20)16-21-22(26-3)6-5-7-23(21)27-4/h6-15,25H,16H2,1-4H3. The van der Waals surface area contributed by atoms with Crippen molar-refractivity contribution < 1.29 is 14.6 Å². The lowest BCUT2D eigenvalue weighted by atomic mass is 9.80. The fraction of sp³-hybridized carbons (Fsp3) is 0.250. The Bertz CT molecular complexity index is 828. The highest BCUT2D eigenvalue weighted by atomic mass is 16.5. The Morgan fingerprint density at radius 2 is 1.19 bits per heavy atom. The third-order valence-electron chi connectivity index (χ3n) is 4.95. The van der Waals surface area contributed by atoms with E-state index in [1.807, 2.05) is 62.4 Å². The van der Waals surface area contributed by atoms with Crippen molar-refractivity contribution in [3.05, 3.63) is 94.5 Å². The summed E-state index contributed by atoms with van der Waals surface area (Å²) in [6, 6.07) is 22.5. The van der Waals surface area contributed by atoms with Crippen LogP contribution in [0, 0.1) is 19.9 Å². The molecule has 0 aromatic heterocycles. The van der Waals surface area contributed by atoms with E-state index in [9.17, 15) is 5.11 Å². The van der Waals surface area contributed by atoms with E-state index in [1.165, 1.54) is 0 Å². The van der Waals surface area contributed by atoms with Crippen molar-refractivity contribution in [1.29, 1.82) is 0 Å². The minimum atomic E-state index is -1.22. The fourth-order valence-corrected chi connectivity index (χ4v) is 3.31. The van der Waals surface area contributed by atoms with Gasteiger partial charge in [0.2, 0.25) is 0 Å². The Morgan fingerprint density at radius 1 is 0.778 bits per heavy atom. The number of hydrogen-bond donors (Lipinski definition) is 1. The molecule has 0 unspecified atom stereocenters. The fourth-order valence-electron chi connectivity index (χ4n) is 3.31. The molecule has 0 fully saturated rings. The van der Waals surface area contributed by atoms with E-state index in [4.69, 9.17) is 9.47 Å². The van der Waals surface area contributed by atoms with Gasteiger partial charge in [-0.1, -0.05) is 59.7 Å². The molecule has 139 valence electrons. The maximum Gasteiger partial charge on any atom is 0.126 e. The van der Waals surface area contributed by atoms with Crippen molar-refractivity contribution >= 4 is 0 Å². The molecule has 3 rings (SSSR count). The van der Waals surface area contributed by atoms with Crippen LogP contribution in [0.15, 0.2) is 60.7 Å². The second-order valence-corrected chi connectivity index (χ2v) is 6.84. The Balaban J connectivity index is 2.17. The normalized spacial score (nSPS) is 11.3. The highest BCUT2D eigenvalue weighted by molar-refractivity contribution is 5.49. The van der Waals surface area contributed by atoms with Gasteiger partial charge in [-0.2, -0.15) is 0 Å². The summed E-state index contributed by atoms with van der Waals surface area (Å²) in [5.74, 6) is 1.29. The van der Waals surface area contributed by atoms with Crippen molar-refractivity contribution in [1.82, 2.24) is 0 Å². The highest BCUT2D eigenvalue weighted by Crippen LogP contribution is 2.39. The van der Waals surface area contributed by atoms with Crippen molar-refractivity contribution in [2.75, 3.05) is 14.2 Å².